The first-order chi connectivity index (χ1) is 15.0. The van der Waals surface area contributed by atoms with E-state index in [-0.39, 0.29) is 54.2 Å². The molecular weight excluding hydrogens is 424 g/mol. The minimum absolute atomic E-state index is 0.00560. The maximum Gasteiger partial charge on any atom is 0.414 e. The fourth-order valence-corrected chi connectivity index (χ4v) is 4.61. The minimum atomic E-state index is -0.798. The lowest BCUT2D eigenvalue weighted by Crippen LogP contribution is -2.42. The van der Waals surface area contributed by atoms with E-state index in [9.17, 15) is 23.2 Å². The number of ether oxygens (including phenoxy) is 2. The standard InChI is InChI=1S/C22H27F2N3O5/c1-11(28)25-7-13-10-31-21(30)27(13)12-5-16(23)19(17(24)6-12)26-8-14-15(9-26)18(14)20(29)32-22(2,3)4/h5-6,13-15,18H,7-10H2,1-4H3,(H,25,28)/t13-,14-,15+,18?/m0/s1. The molecular formula is C22H27F2N3O5. The van der Waals surface area contributed by atoms with Gasteiger partial charge in [-0.05, 0) is 32.6 Å². The highest BCUT2D eigenvalue weighted by molar-refractivity contribution is 5.91. The van der Waals surface area contributed by atoms with Crippen LogP contribution in [0.15, 0.2) is 12.1 Å². The Morgan fingerprint density at radius 3 is 2.31 bits per heavy atom. The van der Waals surface area contributed by atoms with Crippen LogP contribution in [0.1, 0.15) is 27.7 Å². The normalized spacial score (nSPS) is 26.6. The van der Waals surface area contributed by atoms with Crippen molar-refractivity contribution >= 4 is 29.3 Å². The number of anilines is 2. The molecule has 1 aromatic carbocycles. The average Bonchev–Trinajstić information content (AvgIpc) is 2.98. The van der Waals surface area contributed by atoms with Gasteiger partial charge in [0.05, 0.1) is 17.6 Å². The largest absolute Gasteiger partial charge is 0.460 e. The summed E-state index contributed by atoms with van der Waals surface area (Å²) in [6.07, 6.45) is -0.727. The van der Waals surface area contributed by atoms with Crippen molar-refractivity contribution in [1.82, 2.24) is 5.32 Å². The van der Waals surface area contributed by atoms with Crippen LogP contribution in [0.25, 0.3) is 0 Å². The number of carbonyl (C=O) groups is 3. The van der Waals surface area contributed by atoms with E-state index < -0.39 is 29.4 Å². The number of piperidine rings is 1. The lowest BCUT2D eigenvalue weighted by molar-refractivity contribution is -0.157. The molecule has 1 saturated carbocycles. The maximum atomic E-state index is 15.0. The Hall–Kier alpha value is -2.91. The Morgan fingerprint density at radius 1 is 1.19 bits per heavy atom. The van der Waals surface area contributed by atoms with E-state index in [1.807, 2.05) is 0 Å². The third-order valence-corrected chi connectivity index (χ3v) is 6.02. The highest BCUT2D eigenvalue weighted by Gasteiger charge is 2.61. The quantitative estimate of drug-likeness (QED) is 0.692. The van der Waals surface area contributed by atoms with Crippen LogP contribution in [0.4, 0.5) is 25.0 Å². The van der Waals surface area contributed by atoms with Gasteiger partial charge < -0.3 is 19.7 Å². The fourth-order valence-electron chi connectivity index (χ4n) is 4.61. The molecule has 8 nitrogen and oxygen atoms in total. The lowest BCUT2D eigenvalue weighted by Gasteiger charge is -2.26. The maximum absolute atomic E-state index is 15.0. The number of nitrogens with zero attached hydrogens (tertiary/aromatic N) is 2. The zero-order valence-corrected chi connectivity index (χ0v) is 18.5. The number of hydrogen-bond donors (Lipinski definition) is 1. The summed E-state index contributed by atoms with van der Waals surface area (Å²) in [7, 11) is 0. The number of esters is 1. The van der Waals surface area contributed by atoms with Crippen molar-refractivity contribution in [1.29, 1.82) is 0 Å². The number of rotatable bonds is 5. The van der Waals surface area contributed by atoms with Gasteiger partial charge in [0.25, 0.3) is 0 Å². The third-order valence-electron chi connectivity index (χ3n) is 6.02. The first-order valence-corrected chi connectivity index (χ1v) is 10.6. The highest BCUT2D eigenvalue weighted by Crippen LogP contribution is 2.54. The molecule has 1 aliphatic carbocycles. The summed E-state index contributed by atoms with van der Waals surface area (Å²) in [4.78, 5) is 38.4. The summed E-state index contributed by atoms with van der Waals surface area (Å²) in [5.41, 5.74) is -0.719. The Balaban J connectivity index is 1.46. The topological polar surface area (TPSA) is 88.2 Å². The number of cyclic esters (lactones) is 1. The van der Waals surface area contributed by atoms with E-state index >= 15 is 0 Å². The number of hydrogen-bond acceptors (Lipinski definition) is 6. The molecule has 174 valence electrons. The summed E-state index contributed by atoms with van der Waals surface area (Å²) in [6.45, 7) is 7.58. The van der Waals surface area contributed by atoms with E-state index in [4.69, 9.17) is 9.47 Å². The molecule has 10 heteroatoms. The smallest absolute Gasteiger partial charge is 0.414 e. The van der Waals surface area contributed by atoms with E-state index in [0.717, 1.165) is 17.0 Å². The second kappa shape index (κ2) is 7.90. The van der Waals surface area contributed by atoms with E-state index in [2.05, 4.69) is 5.32 Å². The molecule has 1 aromatic rings. The third kappa shape index (κ3) is 4.22. The number of carbonyl (C=O) groups excluding carboxylic acids is 3. The van der Waals surface area contributed by atoms with Crippen molar-refractivity contribution in [2.45, 2.75) is 39.3 Å². The first kappa shape index (κ1) is 22.3. The molecule has 4 rings (SSSR count). The van der Waals surface area contributed by atoms with E-state index in [0.29, 0.717) is 13.1 Å². The van der Waals surface area contributed by atoms with Gasteiger partial charge in [0, 0.05) is 38.7 Å². The Labute approximate surface area is 184 Å². The average molecular weight is 451 g/mol. The number of nitrogens with one attached hydrogen (secondary N) is 1. The SMILES string of the molecule is CC(=O)NC[C@H]1COC(=O)N1c1cc(F)c(N2C[C@@H]3C(C(=O)OC(C)(C)C)[C@@H]3C2)c(F)c1. The van der Waals surface area contributed by atoms with Crippen LogP contribution in [0.3, 0.4) is 0 Å². The van der Waals surface area contributed by atoms with Gasteiger partial charge in [0.1, 0.15) is 17.9 Å². The second-order valence-electron chi connectivity index (χ2n) is 9.59. The van der Waals surface area contributed by atoms with Crippen LogP contribution in [0, 0.1) is 29.4 Å². The zero-order valence-electron chi connectivity index (χ0n) is 18.5. The van der Waals surface area contributed by atoms with Crippen molar-refractivity contribution in [3.8, 4) is 0 Å². The van der Waals surface area contributed by atoms with Crippen molar-refractivity contribution < 1.29 is 32.6 Å². The summed E-state index contributed by atoms with van der Waals surface area (Å²) in [6, 6.07) is 1.63. The molecule has 3 aliphatic rings. The van der Waals surface area contributed by atoms with Crippen molar-refractivity contribution in [2.75, 3.05) is 36.0 Å². The summed E-state index contributed by atoms with van der Waals surface area (Å²) in [5, 5.41) is 2.58. The Kier molecular flexibility index (Phi) is 5.50. The fraction of sp³-hybridized carbons (Fsp3) is 0.591. The van der Waals surface area contributed by atoms with Gasteiger partial charge in [-0.3, -0.25) is 14.5 Å². The van der Waals surface area contributed by atoms with Crippen LogP contribution in [-0.2, 0) is 19.1 Å². The van der Waals surface area contributed by atoms with Gasteiger partial charge in [-0.1, -0.05) is 0 Å². The van der Waals surface area contributed by atoms with Crippen LogP contribution in [-0.4, -0.2) is 55.9 Å². The molecule has 2 aliphatic heterocycles. The van der Waals surface area contributed by atoms with Crippen molar-refractivity contribution in [3.05, 3.63) is 23.8 Å². The number of halogens is 2. The Bertz CT molecular complexity index is 928. The van der Waals surface area contributed by atoms with Crippen molar-refractivity contribution in [2.24, 2.45) is 17.8 Å². The molecule has 0 spiro atoms. The van der Waals surface area contributed by atoms with Gasteiger partial charge in [-0.15, -0.1) is 0 Å². The molecule has 1 N–H and O–H groups in total. The molecule has 0 aromatic heterocycles. The number of amides is 2. The molecule has 1 unspecified atom stereocenters. The number of benzene rings is 1. The van der Waals surface area contributed by atoms with Crippen molar-refractivity contribution in [3.63, 3.8) is 0 Å². The van der Waals surface area contributed by atoms with Gasteiger partial charge in [0.15, 0.2) is 11.6 Å². The van der Waals surface area contributed by atoms with E-state index in [1.165, 1.54) is 6.92 Å². The predicted molar refractivity (Wildman–Crippen MR) is 111 cm³/mol. The zero-order chi connectivity index (χ0) is 23.4. The minimum Gasteiger partial charge on any atom is -0.460 e. The van der Waals surface area contributed by atoms with Crippen LogP contribution < -0.4 is 15.1 Å². The van der Waals surface area contributed by atoms with Gasteiger partial charge in [-0.2, -0.15) is 0 Å². The second-order valence-corrected chi connectivity index (χ2v) is 9.59. The summed E-state index contributed by atoms with van der Waals surface area (Å²) < 4.78 is 40.4. The lowest BCUT2D eigenvalue weighted by atomic mass is 10.1. The van der Waals surface area contributed by atoms with Crippen LogP contribution in [0.5, 0.6) is 0 Å². The van der Waals surface area contributed by atoms with Crippen LogP contribution >= 0.6 is 0 Å². The first-order valence-electron chi connectivity index (χ1n) is 10.6. The van der Waals surface area contributed by atoms with Gasteiger partial charge in [-0.25, -0.2) is 13.6 Å². The molecule has 0 bridgehead atoms. The highest BCUT2D eigenvalue weighted by atomic mass is 19.1. The van der Waals surface area contributed by atoms with Gasteiger partial charge >= 0.3 is 12.1 Å². The molecule has 2 saturated heterocycles. The molecule has 4 atom stereocenters. The predicted octanol–water partition coefficient (Wildman–Crippen LogP) is 2.45. The van der Waals surface area contributed by atoms with Crippen LogP contribution in [0.2, 0.25) is 0 Å². The van der Waals surface area contributed by atoms with E-state index in [1.54, 1.807) is 25.7 Å². The Morgan fingerprint density at radius 2 is 1.78 bits per heavy atom. The molecule has 2 amide bonds. The summed E-state index contributed by atoms with van der Waals surface area (Å²) >= 11 is 0. The molecule has 32 heavy (non-hydrogen) atoms. The molecule has 3 fully saturated rings. The number of fused-ring (bicyclic) bond motifs is 1. The molecule has 2 heterocycles. The van der Waals surface area contributed by atoms with Gasteiger partial charge in [0.2, 0.25) is 5.91 Å². The monoisotopic (exact) mass is 451 g/mol. The molecule has 0 radical (unpaired) electrons. The summed E-state index contributed by atoms with van der Waals surface area (Å²) in [5.74, 6) is -2.35.